The summed E-state index contributed by atoms with van der Waals surface area (Å²) in [4.78, 5) is 38.9. The Morgan fingerprint density at radius 2 is 2.21 bits per heavy atom. The molecule has 2 unspecified atom stereocenters. The van der Waals surface area contributed by atoms with Gasteiger partial charge < -0.3 is 30.5 Å². The van der Waals surface area contributed by atoms with Crippen LogP contribution in [0.5, 0.6) is 5.75 Å². The van der Waals surface area contributed by atoms with E-state index >= 15 is 0 Å². The number of fused-ring (bicyclic) bond motifs is 1. The molecule has 1 aromatic carbocycles. The van der Waals surface area contributed by atoms with Crippen LogP contribution in [0.3, 0.4) is 0 Å². The molecule has 1 fully saturated rings. The van der Waals surface area contributed by atoms with E-state index in [9.17, 15) is 23.2 Å². The highest BCUT2D eigenvalue weighted by Crippen LogP contribution is 2.34. The molecule has 1 aliphatic rings. The maximum atomic E-state index is 12.6. The minimum absolute atomic E-state index is 0.0293. The molecule has 0 bridgehead atoms. The molecule has 1 aromatic heterocycles. The van der Waals surface area contributed by atoms with Crippen LogP contribution >= 0.6 is 0 Å². The van der Waals surface area contributed by atoms with Gasteiger partial charge in [0.2, 0.25) is 0 Å². The van der Waals surface area contributed by atoms with Crippen molar-refractivity contribution in [3.05, 3.63) is 30.0 Å². The Kier molecular flexibility index (Phi) is 6.00. The van der Waals surface area contributed by atoms with Gasteiger partial charge in [0, 0.05) is 30.4 Å². The van der Waals surface area contributed by atoms with E-state index < -0.39 is 24.1 Å². The summed E-state index contributed by atoms with van der Waals surface area (Å²) in [6, 6.07) is 5.56. The summed E-state index contributed by atoms with van der Waals surface area (Å²) in [5, 5.41) is 8.23. The Hall–Kier alpha value is -3.17. The number of rotatable bonds is 7. The monoisotopic (exact) mass is 408 g/mol. The van der Waals surface area contributed by atoms with Crippen LogP contribution in [0.1, 0.15) is 29.8 Å². The third-order valence-corrected chi connectivity index (χ3v) is 5.25. The summed E-state index contributed by atoms with van der Waals surface area (Å²) in [5.41, 5.74) is -0.372. The van der Waals surface area contributed by atoms with Crippen LogP contribution in [0, 0.1) is 5.92 Å². The van der Waals surface area contributed by atoms with Gasteiger partial charge >= 0.3 is 12.6 Å². The van der Waals surface area contributed by atoms with Gasteiger partial charge in [-0.2, -0.15) is 8.78 Å². The summed E-state index contributed by atoms with van der Waals surface area (Å²) in [6.07, 6.45) is 2.63. The van der Waals surface area contributed by atoms with Crippen molar-refractivity contribution in [3.63, 3.8) is 0 Å². The summed E-state index contributed by atoms with van der Waals surface area (Å²) >= 11 is 0. The fourth-order valence-corrected chi connectivity index (χ4v) is 3.77. The zero-order chi connectivity index (χ0) is 21.0. The zero-order valence-electron chi connectivity index (χ0n) is 15.8. The molecule has 156 valence electrons. The molecule has 1 heterocycles. The number of carbonyl (C=O) groups excluding carboxylic acids is 3. The number of aldehydes is 1. The highest BCUT2D eigenvalue weighted by molar-refractivity contribution is 5.99. The number of hydrogen-bond donors (Lipinski definition) is 4. The Labute approximate surface area is 165 Å². The number of alkyl halides is 2. The topological polar surface area (TPSA) is 112 Å². The van der Waals surface area contributed by atoms with Crippen LogP contribution in [0.25, 0.3) is 10.9 Å². The predicted molar refractivity (Wildman–Crippen MR) is 101 cm³/mol. The van der Waals surface area contributed by atoms with Crippen LogP contribution < -0.4 is 20.7 Å². The lowest BCUT2D eigenvalue weighted by Gasteiger charge is -2.31. The average molecular weight is 408 g/mol. The van der Waals surface area contributed by atoms with Gasteiger partial charge in [-0.25, -0.2) is 4.79 Å². The number of benzene rings is 1. The number of amides is 3. The number of hydrogen-bond acceptors (Lipinski definition) is 4. The molecule has 0 saturated heterocycles. The molecule has 1 aliphatic carbocycles. The van der Waals surface area contributed by atoms with Crippen LogP contribution in [-0.4, -0.2) is 49.0 Å². The second-order valence-corrected chi connectivity index (χ2v) is 6.94. The van der Waals surface area contributed by atoms with Gasteiger partial charge in [0.05, 0.1) is 0 Å². The number of aromatic nitrogens is 1. The fourth-order valence-electron chi connectivity index (χ4n) is 3.77. The summed E-state index contributed by atoms with van der Waals surface area (Å²) in [7, 11) is 1.46. The Bertz CT molecular complexity index is 917. The number of urea groups is 1. The van der Waals surface area contributed by atoms with Gasteiger partial charge in [0.15, 0.2) is 0 Å². The van der Waals surface area contributed by atoms with Crippen molar-refractivity contribution in [1.29, 1.82) is 0 Å². The number of aromatic amines is 1. The van der Waals surface area contributed by atoms with Gasteiger partial charge in [-0.05, 0) is 31.0 Å². The van der Waals surface area contributed by atoms with Crippen LogP contribution in [0.4, 0.5) is 13.6 Å². The summed E-state index contributed by atoms with van der Waals surface area (Å²) in [5.74, 6) is -0.738. The number of halogens is 2. The number of nitrogens with one attached hydrogen (secondary N) is 4. The van der Waals surface area contributed by atoms with Crippen LogP contribution in [-0.2, 0) is 4.79 Å². The maximum absolute atomic E-state index is 12.6. The van der Waals surface area contributed by atoms with E-state index in [4.69, 9.17) is 0 Å². The molecule has 10 heteroatoms. The molecule has 0 aliphatic heterocycles. The molecule has 2 aromatic rings. The van der Waals surface area contributed by atoms with Crippen molar-refractivity contribution >= 4 is 29.1 Å². The maximum Gasteiger partial charge on any atom is 0.387 e. The molecule has 3 rings (SSSR count). The van der Waals surface area contributed by atoms with E-state index in [-0.39, 0.29) is 23.9 Å². The molecule has 1 saturated carbocycles. The second kappa shape index (κ2) is 8.46. The van der Waals surface area contributed by atoms with Crippen molar-refractivity contribution in [2.24, 2.45) is 5.92 Å². The minimum atomic E-state index is -2.97. The van der Waals surface area contributed by atoms with E-state index in [1.54, 1.807) is 12.1 Å². The fraction of sp³-hybridized carbons (Fsp3) is 0.421. The van der Waals surface area contributed by atoms with Gasteiger partial charge in [0.25, 0.3) is 5.91 Å². The quantitative estimate of drug-likeness (QED) is 0.526. The zero-order valence-corrected chi connectivity index (χ0v) is 15.8. The first-order valence-corrected chi connectivity index (χ1v) is 9.19. The third kappa shape index (κ3) is 4.30. The Morgan fingerprint density at radius 1 is 1.41 bits per heavy atom. The summed E-state index contributed by atoms with van der Waals surface area (Å²) in [6.45, 7) is -2.79. The van der Waals surface area contributed by atoms with Crippen molar-refractivity contribution in [2.75, 3.05) is 13.6 Å². The smallest absolute Gasteiger partial charge is 0.387 e. The van der Waals surface area contributed by atoms with Crippen molar-refractivity contribution < 1.29 is 27.9 Å². The molecule has 0 radical (unpaired) electrons. The first-order chi connectivity index (χ1) is 13.9. The molecule has 3 amide bonds. The normalized spacial score (nSPS) is 21.2. The Morgan fingerprint density at radius 3 is 2.90 bits per heavy atom. The molecule has 29 heavy (non-hydrogen) atoms. The summed E-state index contributed by atoms with van der Waals surface area (Å²) < 4.78 is 29.6. The Balaban J connectivity index is 1.72. The second-order valence-electron chi connectivity index (χ2n) is 6.94. The van der Waals surface area contributed by atoms with E-state index in [0.29, 0.717) is 23.7 Å². The molecule has 0 spiro atoms. The lowest BCUT2D eigenvalue weighted by atomic mass is 9.88. The van der Waals surface area contributed by atoms with Crippen molar-refractivity contribution in [1.82, 2.24) is 20.9 Å². The molecular weight excluding hydrogens is 386 g/mol. The van der Waals surface area contributed by atoms with Crippen molar-refractivity contribution in [3.8, 4) is 5.75 Å². The molecule has 8 nitrogen and oxygen atoms in total. The van der Waals surface area contributed by atoms with E-state index in [1.165, 1.54) is 19.2 Å². The van der Waals surface area contributed by atoms with Crippen molar-refractivity contribution in [2.45, 2.75) is 31.4 Å². The van der Waals surface area contributed by atoms with Crippen LogP contribution in [0.15, 0.2) is 24.3 Å². The molecule has 4 N–H and O–H groups in total. The van der Waals surface area contributed by atoms with Crippen LogP contribution in [0.2, 0.25) is 0 Å². The minimum Gasteiger partial charge on any atom is -0.434 e. The highest BCUT2D eigenvalue weighted by Gasteiger charge is 2.44. The number of ether oxygens (including phenoxy) is 1. The van der Waals surface area contributed by atoms with E-state index in [0.717, 1.165) is 12.7 Å². The predicted octanol–water partition coefficient (Wildman–Crippen LogP) is 2.17. The van der Waals surface area contributed by atoms with E-state index in [1.807, 2.05) is 0 Å². The van der Waals surface area contributed by atoms with E-state index in [2.05, 4.69) is 25.7 Å². The third-order valence-electron chi connectivity index (χ3n) is 5.25. The largest absolute Gasteiger partial charge is 0.434 e. The average Bonchev–Trinajstić information content (AvgIpc) is 3.30. The number of carbonyl (C=O) groups is 3. The first-order valence-electron chi connectivity index (χ1n) is 9.19. The number of H-pyrrole nitrogens is 1. The van der Waals surface area contributed by atoms with Gasteiger partial charge in [-0.15, -0.1) is 0 Å². The lowest BCUT2D eigenvalue weighted by molar-refractivity contribution is -0.114. The lowest BCUT2D eigenvalue weighted by Crippen LogP contribution is -2.57. The molecule has 2 atom stereocenters. The molecular formula is C19H22F2N4O4. The SMILES string of the molecule is CNC(=O)NC1(C=O)CCCC1CNC(=O)c1cc2c(OC(F)F)cccc2[nH]1. The van der Waals surface area contributed by atoms with Gasteiger partial charge in [-0.3, -0.25) is 4.79 Å². The standard InChI is InChI=1S/C19H22F2N4O4/c1-22-18(28)25-19(10-26)7-3-4-11(19)9-23-16(27)14-8-12-13(24-14)5-2-6-15(12)29-17(20)21/h2,5-6,8,10-11,17,24H,3-4,7,9H2,1H3,(H,23,27)(H2,22,25,28). The van der Waals surface area contributed by atoms with Gasteiger partial charge in [0.1, 0.15) is 23.3 Å². The van der Waals surface area contributed by atoms with Gasteiger partial charge in [-0.1, -0.05) is 12.5 Å². The highest BCUT2D eigenvalue weighted by atomic mass is 19.3. The first kappa shape index (κ1) is 20.6.